The Labute approximate surface area is 53.7 Å². The van der Waals surface area contributed by atoms with Gasteiger partial charge in [0, 0.05) is 0 Å². The van der Waals surface area contributed by atoms with Gasteiger partial charge in [-0.05, 0) is 5.92 Å². The molecule has 0 aliphatic heterocycles. The Balaban J connectivity index is 3.58. The monoisotopic (exact) mass is 138 g/mol. The van der Waals surface area contributed by atoms with E-state index in [1.165, 1.54) is 0 Å². The maximum absolute atomic E-state index is 11.6. The van der Waals surface area contributed by atoms with Gasteiger partial charge >= 0.3 is 0 Å². The van der Waals surface area contributed by atoms with Crippen LogP contribution >= 0.6 is 0 Å². The van der Waals surface area contributed by atoms with Crippen molar-refractivity contribution in [2.45, 2.75) is 32.8 Å². The van der Waals surface area contributed by atoms with Gasteiger partial charge in [0.1, 0.15) is 6.10 Å². The standard InChI is InChI=1S/C6H12F2O/c1-3-4(2)5(9)6(7)8/h4-6,9H,3H2,1-2H3. The molecule has 2 unspecified atom stereocenters. The van der Waals surface area contributed by atoms with Crippen molar-refractivity contribution in [1.29, 1.82) is 0 Å². The van der Waals surface area contributed by atoms with E-state index in [2.05, 4.69) is 0 Å². The summed E-state index contributed by atoms with van der Waals surface area (Å²) < 4.78 is 23.2. The zero-order valence-corrected chi connectivity index (χ0v) is 5.64. The number of alkyl halides is 2. The van der Waals surface area contributed by atoms with Gasteiger partial charge < -0.3 is 5.11 Å². The lowest BCUT2D eigenvalue weighted by atomic mass is 10.0. The van der Waals surface area contributed by atoms with E-state index in [1.54, 1.807) is 13.8 Å². The molecular weight excluding hydrogens is 126 g/mol. The van der Waals surface area contributed by atoms with Crippen LogP contribution in [0.4, 0.5) is 8.78 Å². The molecule has 0 aromatic rings. The highest BCUT2D eigenvalue weighted by molar-refractivity contribution is 4.64. The number of hydrogen-bond donors (Lipinski definition) is 1. The van der Waals surface area contributed by atoms with Crippen molar-refractivity contribution in [3.8, 4) is 0 Å². The van der Waals surface area contributed by atoms with Crippen LogP contribution in [-0.2, 0) is 0 Å². The number of halogens is 2. The molecule has 0 saturated carbocycles. The van der Waals surface area contributed by atoms with Gasteiger partial charge in [0.05, 0.1) is 0 Å². The van der Waals surface area contributed by atoms with Crippen molar-refractivity contribution in [3.05, 3.63) is 0 Å². The fourth-order valence-corrected chi connectivity index (χ4v) is 0.490. The summed E-state index contributed by atoms with van der Waals surface area (Å²) in [7, 11) is 0. The fourth-order valence-electron chi connectivity index (χ4n) is 0.490. The summed E-state index contributed by atoms with van der Waals surface area (Å²) in [6.07, 6.45) is -3.46. The Morgan fingerprint density at radius 1 is 1.44 bits per heavy atom. The van der Waals surface area contributed by atoms with E-state index < -0.39 is 12.5 Å². The van der Waals surface area contributed by atoms with Crippen molar-refractivity contribution in [1.82, 2.24) is 0 Å². The van der Waals surface area contributed by atoms with E-state index in [1.807, 2.05) is 0 Å². The van der Waals surface area contributed by atoms with Crippen LogP contribution in [0.5, 0.6) is 0 Å². The molecule has 0 bridgehead atoms. The van der Waals surface area contributed by atoms with E-state index in [4.69, 9.17) is 5.11 Å². The predicted octanol–water partition coefficient (Wildman–Crippen LogP) is 1.66. The van der Waals surface area contributed by atoms with Crippen LogP contribution in [-0.4, -0.2) is 17.6 Å². The molecule has 0 saturated heterocycles. The summed E-state index contributed by atoms with van der Waals surface area (Å²) in [4.78, 5) is 0. The Hall–Kier alpha value is -0.180. The molecule has 0 spiro atoms. The first-order chi connectivity index (χ1) is 4.09. The van der Waals surface area contributed by atoms with E-state index in [0.717, 1.165) is 0 Å². The van der Waals surface area contributed by atoms with Gasteiger partial charge in [-0.2, -0.15) is 0 Å². The molecule has 0 fully saturated rings. The van der Waals surface area contributed by atoms with Crippen molar-refractivity contribution < 1.29 is 13.9 Å². The van der Waals surface area contributed by atoms with Gasteiger partial charge in [-0.3, -0.25) is 0 Å². The molecule has 3 heteroatoms. The third-order valence-electron chi connectivity index (χ3n) is 1.49. The second-order valence-corrected chi connectivity index (χ2v) is 2.21. The molecular formula is C6H12F2O. The van der Waals surface area contributed by atoms with Crippen LogP contribution in [0.25, 0.3) is 0 Å². The molecule has 0 rings (SSSR count). The van der Waals surface area contributed by atoms with E-state index in [-0.39, 0.29) is 5.92 Å². The topological polar surface area (TPSA) is 20.2 Å². The van der Waals surface area contributed by atoms with Gasteiger partial charge in [-0.1, -0.05) is 20.3 Å². The lowest BCUT2D eigenvalue weighted by Crippen LogP contribution is -2.25. The first-order valence-electron chi connectivity index (χ1n) is 3.05. The van der Waals surface area contributed by atoms with Gasteiger partial charge in [-0.25, -0.2) is 8.78 Å². The van der Waals surface area contributed by atoms with Crippen molar-refractivity contribution >= 4 is 0 Å². The highest BCUT2D eigenvalue weighted by Gasteiger charge is 2.21. The van der Waals surface area contributed by atoms with Gasteiger partial charge in [-0.15, -0.1) is 0 Å². The third-order valence-corrected chi connectivity index (χ3v) is 1.49. The summed E-state index contributed by atoms with van der Waals surface area (Å²) in [6, 6.07) is 0. The van der Waals surface area contributed by atoms with Crippen molar-refractivity contribution in [3.63, 3.8) is 0 Å². The number of rotatable bonds is 3. The maximum Gasteiger partial charge on any atom is 0.264 e. The minimum Gasteiger partial charge on any atom is -0.387 e. The lowest BCUT2D eigenvalue weighted by molar-refractivity contribution is -0.0350. The normalized spacial score (nSPS) is 18.0. The van der Waals surface area contributed by atoms with E-state index in [0.29, 0.717) is 6.42 Å². The molecule has 0 amide bonds. The highest BCUT2D eigenvalue weighted by Crippen LogP contribution is 2.13. The molecule has 2 atom stereocenters. The lowest BCUT2D eigenvalue weighted by Gasteiger charge is -2.14. The summed E-state index contributed by atoms with van der Waals surface area (Å²) >= 11 is 0. The van der Waals surface area contributed by atoms with Crippen LogP contribution in [0.2, 0.25) is 0 Å². The largest absolute Gasteiger partial charge is 0.387 e. The molecule has 0 aliphatic rings. The first-order valence-corrected chi connectivity index (χ1v) is 3.05. The number of hydrogen-bond acceptors (Lipinski definition) is 1. The van der Waals surface area contributed by atoms with E-state index in [9.17, 15) is 8.78 Å². The minimum atomic E-state index is -2.60. The molecule has 1 nitrogen and oxygen atoms in total. The first kappa shape index (κ1) is 8.82. The quantitative estimate of drug-likeness (QED) is 0.628. The Morgan fingerprint density at radius 2 is 1.89 bits per heavy atom. The van der Waals surface area contributed by atoms with Gasteiger partial charge in [0.25, 0.3) is 6.43 Å². The van der Waals surface area contributed by atoms with Gasteiger partial charge in [0.2, 0.25) is 0 Å². The third kappa shape index (κ3) is 2.75. The SMILES string of the molecule is CCC(C)C(O)C(F)F. The average Bonchev–Trinajstić information content (AvgIpc) is 1.84. The molecule has 56 valence electrons. The number of aliphatic hydroxyl groups excluding tert-OH is 1. The molecule has 0 aromatic heterocycles. The fraction of sp³-hybridized carbons (Fsp3) is 1.00. The molecule has 0 heterocycles. The Bertz CT molecular complexity index is 75.5. The zero-order valence-electron chi connectivity index (χ0n) is 5.64. The smallest absolute Gasteiger partial charge is 0.264 e. The minimum absolute atomic E-state index is 0.301. The number of aliphatic hydroxyl groups is 1. The Kier molecular flexibility index (Phi) is 3.70. The summed E-state index contributed by atoms with van der Waals surface area (Å²) in [6.45, 7) is 3.38. The average molecular weight is 138 g/mol. The molecule has 9 heavy (non-hydrogen) atoms. The van der Waals surface area contributed by atoms with Crippen LogP contribution in [0.15, 0.2) is 0 Å². The van der Waals surface area contributed by atoms with Crippen LogP contribution in [0.1, 0.15) is 20.3 Å². The van der Waals surface area contributed by atoms with Crippen LogP contribution in [0.3, 0.4) is 0 Å². The molecule has 0 aliphatic carbocycles. The summed E-state index contributed by atoms with van der Waals surface area (Å²) in [5, 5.41) is 8.64. The van der Waals surface area contributed by atoms with E-state index >= 15 is 0 Å². The van der Waals surface area contributed by atoms with Gasteiger partial charge in [0.15, 0.2) is 0 Å². The van der Waals surface area contributed by atoms with Crippen molar-refractivity contribution in [2.75, 3.05) is 0 Å². The Morgan fingerprint density at radius 3 is 2.00 bits per heavy atom. The highest BCUT2D eigenvalue weighted by atomic mass is 19.3. The van der Waals surface area contributed by atoms with Crippen molar-refractivity contribution in [2.24, 2.45) is 5.92 Å². The summed E-state index contributed by atoms with van der Waals surface area (Å²) in [5.41, 5.74) is 0. The molecule has 0 aromatic carbocycles. The predicted molar refractivity (Wildman–Crippen MR) is 31.5 cm³/mol. The second-order valence-electron chi connectivity index (χ2n) is 2.21. The second kappa shape index (κ2) is 3.77. The molecule has 0 radical (unpaired) electrons. The zero-order chi connectivity index (χ0) is 7.44. The summed E-state index contributed by atoms with van der Waals surface area (Å²) in [5.74, 6) is -0.301. The molecule has 1 N–H and O–H groups in total. The van der Waals surface area contributed by atoms with Crippen LogP contribution in [0, 0.1) is 5.92 Å². The van der Waals surface area contributed by atoms with Crippen LogP contribution < -0.4 is 0 Å². The maximum atomic E-state index is 11.6.